The highest BCUT2D eigenvalue weighted by atomic mass is 16.5. The van der Waals surface area contributed by atoms with Crippen LogP contribution in [0.3, 0.4) is 0 Å². The van der Waals surface area contributed by atoms with Gasteiger partial charge in [0.1, 0.15) is 0 Å². The Balaban J connectivity index is 2.88. The topological polar surface area (TPSA) is 29.5 Å². The second kappa shape index (κ2) is 17.9. The summed E-state index contributed by atoms with van der Waals surface area (Å²) in [7, 11) is 0. The summed E-state index contributed by atoms with van der Waals surface area (Å²) in [5, 5.41) is 8.65. The maximum atomic E-state index is 8.65. The standard InChI is InChI=1S/C17H36O2/c1-2-3-4-5-10-13-16-19-17-14-11-8-6-7-9-12-15-18/h18H,2-17H2,1H3. The zero-order valence-corrected chi connectivity index (χ0v) is 13.2. The Kier molecular flexibility index (Phi) is 17.8. The molecule has 1 N–H and O–H groups in total. The van der Waals surface area contributed by atoms with Crippen LogP contribution in [0.5, 0.6) is 0 Å². The van der Waals surface area contributed by atoms with Crippen molar-refractivity contribution in [3.63, 3.8) is 0 Å². The fraction of sp³-hybridized carbons (Fsp3) is 1.00. The molecule has 0 aromatic rings. The van der Waals surface area contributed by atoms with E-state index in [4.69, 9.17) is 9.84 Å². The molecule has 116 valence electrons. The Labute approximate surface area is 120 Å². The highest BCUT2D eigenvalue weighted by molar-refractivity contribution is 4.47. The van der Waals surface area contributed by atoms with Gasteiger partial charge < -0.3 is 9.84 Å². The predicted molar refractivity (Wildman–Crippen MR) is 83.6 cm³/mol. The second-order valence-electron chi connectivity index (χ2n) is 5.58. The minimum atomic E-state index is 0.353. The molecule has 0 aliphatic carbocycles. The van der Waals surface area contributed by atoms with Gasteiger partial charge >= 0.3 is 0 Å². The van der Waals surface area contributed by atoms with Crippen LogP contribution in [-0.2, 0) is 4.74 Å². The van der Waals surface area contributed by atoms with E-state index in [1.807, 2.05) is 0 Å². The lowest BCUT2D eigenvalue weighted by Gasteiger charge is -2.04. The highest BCUT2D eigenvalue weighted by Gasteiger charge is 1.93. The molecule has 0 amide bonds. The van der Waals surface area contributed by atoms with Gasteiger partial charge in [0, 0.05) is 19.8 Å². The Bertz CT molecular complexity index is 132. The summed E-state index contributed by atoms with van der Waals surface area (Å²) in [6.45, 7) is 4.52. The van der Waals surface area contributed by atoms with Crippen LogP contribution >= 0.6 is 0 Å². The smallest absolute Gasteiger partial charge is 0.0466 e. The van der Waals surface area contributed by atoms with Crippen molar-refractivity contribution in [1.82, 2.24) is 0 Å². The number of rotatable bonds is 16. The molecule has 0 aromatic carbocycles. The van der Waals surface area contributed by atoms with E-state index in [9.17, 15) is 0 Å². The lowest BCUT2D eigenvalue weighted by molar-refractivity contribution is 0.125. The third kappa shape index (κ3) is 17.9. The molecular weight excluding hydrogens is 236 g/mol. The van der Waals surface area contributed by atoms with Crippen molar-refractivity contribution in [2.75, 3.05) is 19.8 Å². The first-order valence-corrected chi connectivity index (χ1v) is 8.60. The van der Waals surface area contributed by atoms with E-state index in [1.165, 1.54) is 77.0 Å². The van der Waals surface area contributed by atoms with Gasteiger partial charge in [-0.05, 0) is 19.3 Å². The molecule has 0 bridgehead atoms. The number of unbranched alkanes of at least 4 members (excludes halogenated alkanes) is 11. The van der Waals surface area contributed by atoms with Gasteiger partial charge in [0.2, 0.25) is 0 Å². The highest BCUT2D eigenvalue weighted by Crippen LogP contribution is 2.08. The summed E-state index contributed by atoms with van der Waals surface area (Å²) in [6, 6.07) is 0. The molecule has 0 radical (unpaired) electrons. The number of ether oxygens (including phenoxy) is 1. The minimum Gasteiger partial charge on any atom is -0.396 e. The molecule has 0 rings (SSSR count). The van der Waals surface area contributed by atoms with Crippen molar-refractivity contribution in [3.8, 4) is 0 Å². The SMILES string of the molecule is CCCCCCCCOCCCCCCCCCO. The average molecular weight is 272 g/mol. The summed E-state index contributed by atoms with van der Waals surface area (Å²) in [5.74, 6) is 0. The lowest BCUT2D eigenvalue weighted by Crippen LogP contribution is -1.97. The fourth-order valence-electron chi connectivity index (χ4n) is 2.29. The van der Waals surface area contributed by atoms with Crippen LogP contribution in [0, 0.1) is 0 Å². The van der Waals surface area contributed by atoms with Crippen molar-refractivity contribution >= 4 is 0 Å². The first-order valence-electron chi connectivity index (χ1n) is 8.60. The number of aliphatic hydroxyl groups is 1. The molecule has 0 spiro atoms. The molecule has 2 nitrogen and oxygen atoms in total. The molecule has 0 saturated carbocycles. The van der Waals surface area contributed by atoms with Gasteiger partial charge in [0.15, 0.2) is 0 Å². The van der Waals surface area contributed by atoms with Crippen LogP contribution in [0.15, 0.2) is 0 Å². The first kappa shape index (κ1) is 18.9. The van der Waals surface area contributed by atoms with Crippen LogP contribution in [-0.4, -0.2) is 24.9 Å². The van der Waals surface area contributed by atoms with Crippen molar-refractivity contribution in [2.24, 2.45) is 0 Å². The number of hydrogen-bond donors (Lipinski definition) is 1. The summed E-state index contributed by atoms with van der Waals surface area (Å²) >= 11 is 0. The zero-order chi connectivity index (χ0) is 14.0. The van der Waals surface area contributed by atoms with Crippen molar-refractivity contribution in [2.45, 2.75) is 90.4 Å². The van der Waals surface area contributed by atoms with Gasteiger partial charge in [-0.1, -0.05) is 71.1 Å². The van der Waals surface area contributed by atoms with Gasteiger partial charge in [-0.3, -0.25) is 0 Å². The maximum absolute atomic E-state index is 8.65. The van der Waals surface area contributed by atoms with E-state index in [1.54, 1.807) is 0 Å². The average Bonchev–Trinajstić information content (AvgIpc) is 2.43. The molecule has 2 heteroatoms. The van der Waals surface area contributed by atoms with E-state index in [2.05, 4.69) is 6.92 Å². The molecule has 0 fully saturated rings. The largest absolute Gasteiger partial charge is 0.396 e. The fourth-order valence-corrected chi connectivity index (χ4v) is 2.29. The molecule has 0 heterocycles. The summed E-state index contributed by atoms with van der Waals surface area (Å²) in [4.78, 5) is 0. The van der Waals surface area contributed by atoms with E-state index in [-0.39, 0.29) is 0 Å². The van der Waals surface area contributed by atoms with Crippen LogP contribution in [0.4, 0.5) is 0 Å². The van der Waals surface area contributed by atoms with Crippen LogP contribution < -0.4 is 0 Å². The van der Waals surface area contributed by atoms with E-state index in [0.29, 0.717) is 6.61 Å². The third-order valence-electron chi connectivity index (χ3n) is 3.59. The van der Waals surface area contributed by atoms with Crippen molar-refractivity contribution in [1.29, 1.82) is 0 Å². The summed E-state index contributed by atoms with van der Waals surface area (Å²) in [6.07, 6.45) is 16.7. The Morgan fingerprint density at radius 3 is 1.47 bits per heavy atom. The Hall–Kier alpha value is -0.0800. The van der Waals surface area contributed by atoms with Crippen LogP contribution in [0.2, 0.25) is 0 Å². The van der Waals surface area contributed by atoms with Gasteiger partial charge in [-0.15, -0.1) is 0 Å². The quantitative estimate of drug-likeness (QED) is 0.397. The number of hydrogen-bond acceptors (Lipinski definition) is 2. The molecule has 0 saturated heterocycles. The molecular formula is C17H36O2. The van der Waals surface area contributed by atoms with E-state index < -0.39 is 0 Å². The number of aliphatic hydroxyl groups excluding tert-OH is 1. The molecule has 0 aliphatic heterocycles. The molecule has 0 aliphatic rings. The van der Waals surface area contributed by atoms with Gasteiger partial charge in [0.25, 0.3) is 0 Å². The third-order valence-corrected chi connectivity index (χ3v) is 3.59. The minimum absolute atomic E-state index is 0.353. The molecule has 0 atom stereocenters. The normalized spacial score (nSPS) is 11.1. The molecule has 0 aromatic heterocycles. The maximum Gasteiger partial charge on any atom is 0.0466 e. The van der Waals surface area contributed by atoms with Crippen molar-refractivity contribution in [3.05, 3.63) is 0 Å². The predicted octanol–water partition coefficient (Wildman–Crippen LogP) is 5.09. The van der Waals surface area contributed by atoms with Crippen LogP contribution in [0.25, 0.3) is 0 Å². The lowest BCUT2D eigenvalue weighted by atomic mass is 10.1. The zero-order valence-electron chi connectivity index (χ0n) is 13.2. The van der Waals surface area contributed by atoms with Crippen LogP contribution in [0.1, 0.15) is 90.4 Å². The van der Waals surface area contributed by atoms with Crippen molar-refractivity contribution < 1.29 is 9.84 Å². The summed E-state index contributed by atoms with van der Waals surface area (Å²) < 4.78 is 5.65. The molecule has 0 unspecified atom stereocenters. The van der Waals surface area contributed by atoms with Gasteiger partial charge in [0.05, 0.1) is 0 Å². The Morgan fingerprint density at radius 2 is 1.00 bits per heavy atom. The Morgan fingerprint density at radius 1 is 0.579 bits per heavy atom. The van der Waals surface area contributed by atoms with E-state index in [0.717, 1.165) is 19.6 Å². The molecule has 19 heavy (non-hydrogen) atoms. The first-order chi connectivity index (χ1) is 9.41. The van der Waals surface area contributed by atoms with Gasteiger partial charge in [-0.2, -0.15) is 0 Å². The second-order valence-corrected chi connectivity index (χ2v) is 5.58. The summed E-state index contributed by atoms with van der Waals surface area (Å²) in [5.41, 5.74) is 0. The van der Waals surface area contributed by atoms with Gasteiger partial charge in [-0.25, -0.2) is 0 Å². The monoisotopic (exact) mass is 272 g/mol. The van der Waals surface area contributed by atoms with E-state index >= 15 is 0 Å².